The number of carbonyl (C=O) groups is 1. The molecular formula is C24H25Cl3N2O2. The van der Waals surface area contributed by atoms with Crippen LogP contribution in [-0.2, 0) is 24.3 Å². The molecule has 0 unspecified atom stereocenters. The van der Waals surface area contributed by atoms with Gasteiger partial charge < -0.3 is 9.90 Å². The van der Waals surface area contributed by atoms with Crippen LogP contribution in [0.25, 0.3) is 11.3 Å². The molecule has 0 N–H and O–H groups in total. The fraction of sp³-hybridized carbons (Fsp3) is 0.333. The van der Waals surface area contributed by atoms with E-state index in [2.05, 4.69) is 21.4 Å². The minimum atomic E-state index is -1.08. The summed E-state index contributed by atoms with van der Waals surface area (Å²) in [6.45, 7) is 2.75. The summed E-state index contributed by atoms with van der Waals surface area (Å²) >= 11 is 18.8. The Hall–Kier alpha value is -2.01. The van der Waals surface area contributed by atoms with E-state index in [-0.39, 0.29) is 0 Å². The molecule has 0 amide bonds. The highest BCUT2D eigenvalue weighted by Gasteiger charge is 2.25. The maximum Gasteiger partial charge on any atom is 0.257 e. The summed E-state index contributed by atoms with van der Waals surface area (Å²) in [5.41, 5.74) is 3.46. The topological polar surface area (TPSA) is 48.9 Å². The van der Waals surface area contributed by atoms with Crippen molar-refractivity contribution in [2.24, 2.45) is 0 Å². The monoisotopic (exact) mass is 478 g/mol. The van der Waals surface area contributed by atoms with Crippen molar-refractivity contribution in [2.45, 2.75) is 52.1 Å². The second-order valence-corrected chi connectivity index (χ2v) is 8.89. The molecule has 2 heterocycles. The van der Waals surface area contributed by atoms with Gasteiger partial charge in [0.1, 0.15) is 12.7 Å². The van der Waals surface area contributed by atoms with E-state index in [9.17, 15) is 0 Å². The number of halogens is 3. The number of fused-ring (bicyclic) bond motifs is 1. The van der Waals surface area contributed by atoms with Gasteiger partial charge in [-0.05, 0) is 50.5 Å². The molecule has 1 aromatic heterocycles. The molecule has 7 heteroatoms. The Morgan fingerprint density at radius 1 is 1.03 bits per heavy atom. The first-order valence-electron chi connectivity index (χ1n) is 10.3. The Kier molecular flexibility index (Phi) is 8.42. The molecule has 0 fully saturated rings. The number of nitrogens with zero attached hydrogens (tertiary/aromatic N) is 2. The molecule has 0 atom stereocenters. The van der Waals surface area contributed by atoms with Crippen molar-refractivity contribution < 1.29 is 14.5 Å². The van der Waals surface area contributed by atoms with Crippen molar-refractivity contribution in [2.75, 3.05) is 0 Å². The molecule has 1 aliphatic rings. The number of hydrogen-bond donors (Lipinski definition) is 0. The predicted octanol–water partition coefficient (Wildman–Crippen LogP) is 5.32. The number of benzene rings is 2. The Morgan fingerprint density at radius 2 is 1.74 bits per heavy atom. The zero-order chi connectivity index (χ0) is 22.4. The lowest BCUT2D eigenvalue weighted by molar-refractivity contribution is -0.695. The van der Waals surface area contributed by atoms with Crippen molar-refractivity contribution >= 4 is 40.8 Å². The van der Waals surface area contributed by atoms with Gasteiger partial charge in [-0.3, -0.25) is 0 Å². The fourth-order valence-electron chi connectivity index (χ4n) is 3.87. The molecule has 2 aromatic carbocycles. The van der Waals surface area contributed by atoms with Crippen molar-refractivity contribution in [3.8, 4) is 11.3 Å². The Bertz CT molecular complexity index is 1060. The number of carboxylic acid groups (broad SMARTS) is 1. The third kappa shape index (κ3) is 6.49. The van der Waals surface area contributed by atoms with Crippen molar-refractivity contribution in [1.82, 2.24) is 4.57 Å². The van der Waals surface area contributed by atoms with Gasteiger partial charge in [0.05, 0.1) is 6.54 Å². The van der Waals surface area contributed by atoms with E-state index in [1.54, 1.807) is 0 Å². The van der Waals surface area contributed by atoms with E-state index >= 15 is 0 Å². The third-order valence-corrected chi connectivity index (χ3v) is 6.04. The van der Waals surface area contributed by atoms with Crippen molar-refractivity contribution in [1.29, 1.82) is 0 Å². The van der Waals surface area contributed by atoms with Gasteiger partial charge in [-0.2, -0.15) is 0 Å². The zero-order valence-electron chi connectivity index (χ0n) is 17.4. The van der Waals surface area contributed by atoms with E-state index in [1.165, 1.54) is 37.2 Å². The molecule has 4 nitrogen and oxygen atoms in total. The molecule has 0 bridgehead atoms. The first-order valence-corrected chi connectivity index (χ1v) is 11.5. The average Bonchev–Trinajstić information content (AvgIpc) is 2.99. The quantitative estimate of drug-likeness (QED) is 0.477. The van der Waals surface area contributed by atoms with Crippen LogP contribution in [0.2, 0.25) is 15.1 Å². The third-order valence-electron chi connectivity index (χ3n) is 5.22. The van der Waals surface area contributed by atoms with Crippen LogP contribution >= 0.6 is 34.8 Å². The maximum atomic E-state index is 8.89. The standard InChI is InChI=1S/C22H22Cl3N2.C2H4O2/c23-18-7-5-6-16(12-18)21-15-26(14-17-9-10-19(24)13-20(17)25)22-8-3-1-2-4-11-27(21)22;1-2(3)4/h5-7,9-10,12-13,15H,1-4,8,11,14H2;1H3,(H,3,4)/q+1;/p-1. The summed E-state index contributed by atoms with van der Waals surface area (Å²) < 4.78 is 4.81. The number of carboxylic acids is 1. The molecule has 0 spiro atoms. The smallest absolute Gasteiger partial charge is 0.257 e. The second-order valence-electron chi connectivity index (χ2n) is 7.61. The minimum absolute atomic E-state index is 0.667. The van der Waals surface area contributed by atoms with Crippen LogP contribution in [0.5, 0.6) is 0 Å². The lowest BCUT2D eigenvalue weighted by Gasteiger charge is -2.11. The number of aromatic nitrogens is 2. The van der Waals surface area contributed by atoms with Gasteiger partial charge in [-0.15, -0.1) is 0 Å². The molecule has 4 rings (SSSR count). The fourth-order valence-corrected chi connectivity index (χ4v) is 4.53. The van der Waals surface area contributed by atoms with Crippen LogP contribution in [0.15, 0.2) is 48.7 Å². The second kappa shape index (κ2) is 11.0. The van der Waals surface area contributed by atoms with Gasteiger partial charge >= 0.3 is 0 Å². The highest BCUT2D eigenvalue weighted by atomic mass is 35.5. The SMILES string of the molecule is CC(=O)[O-].Clc1cccc(-c2c[n+](Cc3ccc(Cl)cc3Cl)c3n2CCCCCC3)c1. The molecular weight excluding hydrogens is 455 g/mol. The van der Waals surface area contributed by atoms with Crippen LogP contribution in [-0.4, -0.2) is 10.5 Å². The van der Waals surface area contributed by atoms with Gasteiger partial charge in [-0.1, -0.05) is 59.4 Å². The van der Waals surface area contributed by atoms with Gasteiger partial charge in [0.15, 0.2) is 5.69 Å². The number of carbonyl (C=O) groups excluding carboxylic acids is 1. The number of rotatable bonds is 3. The maximum absolute atomic E-state index is 8.89. The Labute approximate surface area is 198 Å². The molecule has 0 aliphatic carbocycles. The summed E-state index contributed by atoms with van der Waals surface area (Å²) in [6, 6.07) is 13.8. The van der Waals surface area contributed by atoms with Gasteiger partial charge in [0, 0.05) is 38.6 Å². The summed E-state index contributed by atoms with van der Waals surface area (Å²) in [6.07, 6.45) is 8.32. The minimum Gasteiger partial charge on any atom is -0.550 e. The molecule has 3 aromatic rings. The largest absolute Gasteiger partial charge is 0.550 e. The lowest BCUT2D eigenvalue weighted by atomic mass is 10.1. The Morgan fingerprint density at radius 3 is 2.45 bits per heavy atom. The summed E-state index contributed by atoms with van der Waals surface area (Å²) in [7, 11) is 0. The summed E-state index contributed by atoms with van der Waals surface area (Å²) in [5, 5.41) is 11.0. The zero-order valence-corrected chi connectivity index (χ0v) is 19.7. The van der Waals surface area contributed by atoms with E-state index in [0.29, 0.717) is 10.0 Å². The van der Waals surface area contributed by atoms with E-state index < -0.39 is 5.97 Å². The van der Waals surface area contributed by atoms with Crippen LogP contribution in [0.3, 0.4) is 0 Å². The number of imidazole rings is 1. The van der Waals surface area contributed by atoms with Crippen LogP contribution in [0, 0.1) is 0 Å². The first-order chi connectivity index (χ1) is 14.8. The van der Waals surface area contributed by atoms with Gasteiger partial charge in [0.25, 0.3) is 5.82 Å². The van der Waals surface area contributed by atoms with Crippen LogP contribution in [0.1, 0.15) is 44.0 Å². The summed E-state index contributed by atoms with van der Waals surface area (Å²) in [5.74, 6) is 0.274. The van der Waals surface area contributed by atoms with Crippen molar-refractivity contribution in [3.05, 3.63) is 75.1 Å². The number of hydrogen-bond acceptors (Lipinski definition) is 2. The van der Waals surface area contributed by atoms with Crippen LogP contribution in [0.4, 0.5) is 0 Å². The van der Waals surface area contributed by atoms with Gasteiger partial charge in [0.2, 0.25) is 0 Å². The molecule has 0 saturated heterocycles. The van der Waals surface area contributed by atoms with E-state index in [0.717, 1.165) is 42.6 Å². The van der Waals surface area contributed by atoms with E-state index in [4.69, 9.17) is 44.7 Å². The lowest BCUT2D eigenvalue weighted by Crippen LogP contribution is -2.38. The molecule has 0 radical (unpaired) electrons. The molecule has 1 aliphatic heterocycles. The first kappa shape index (κ1) is 23.6. The van der Waals surface area contributed by atoms with Gasteiger partial charge in [-0.25, -0.2) is 9.13 Å². The molecule has 31 heavy (non-hydrogen) atoms. The van der Waals surface area contributed by atoms with E-state index in [1.807, 2.05) is 36.4 Å². The highest BCUT2D eigenvalue weighted by molar-refractivity contribution is 6.35. The number of aliphatic carboxylic acids is 1. The Balaban J connectivity index is 0.000000628. The highest BCUT2D eigenvalue weighted by Crippen LogP contribution is 2.27. The average molecular weight is 480 g/mol. The normalized spacial score (nSPS) is 13.4. The van der Waals surface area contributed by atoms with Crippen molar-refractivity contribution in [3.63, 3.8) is 0 Å². The molecule has 164 valence electrons. The molecule has 0 saturated carbocycles. The summed E-state index contributed by atoms with van der Waals surface area (Å²) in [4.78, 5) is 8.89. The predicted molar refractivity (Wildman–Crippen MR) is 123 cm³/mol. The van der Waals surface area contributed by atoms with Crippen LogP contribution < -0.4 is 9.67 Å².